The maximum Gasteiger partial charge on any atom is 0.0937 e. The largest absolute Gasteiger partial charge is 0.387 e. The van der Waals surface area contributed by atoms with E-state index in [1.165, 1.54) is 12.8 Å². The van der Waals surface area contributed by atoms with Crippen molar-refractivity contribution in [2.45, 2.75) is 53.0 Å². The van der Waals surface area contributed by atoms with Gasteiger partial charge in [0.2, 0.25) is 0 Å². The number of nitrogens with two attached hydrogens (primary N) is 1. The van der Waals surface area contributed by atoms with Gasteiger partial charge in [0.25, 0.3) is 0 Å². The van der Waals surface area contributed by atoms with Crippen LogP contribution < -0.4 is 5.73 Å². The number of nitrogens with zero attached hydrogens (tertiary/aromatic N) is 1. The highest BCUT2D eigenvalue weighted by Crippen LogP contribution is 2.15. The Morgan fingerprint density at radius 2 is 1.75 bits per heavy atom. The second kappa shape index (κ2) is 6.04. The van der Waals surface area contributed by atoms with E-state index in [0.717, 1.165) is 12.3 Å². The first-order valence-corrected chi connectivity index (χ1v) is 4.97. The van der Waals surface area contributed by atoms with Crippen molar-refractivity contribution in [2.24, 2.45) is 16.6 Å². The lowest BCUT2D eigenvalue weighted by atomic mass is 9.96. The molecule has 2 nitrogen and oxygen atoms in total. The zero-order valence-electron chi connectivity index (χ0n) is 8.80. The summed E-state index contributed by atoms with van der Waals surface area (Å²) in [5.74, 6) is 1.48. The van der Waals surface area contributed by atoms with Gasteiger partial charge in [-0.2, -0.15) is 0 Å². The predicted molar refractivity (Wildman–Crippen MR) is 55.4 cm³/mol. The van der Waals surface area contributed by atoms with Crippen molar-refractivity contribution in [2.75, 3.05) is 0 Å². The maximum absolute atomic E-state index is 5.67. The lowest BCUT2D eigenvalue weighted by Gasteiger charge is -2.17. The standard InChI is InChI=1S/C10H22N2/c1-5-9(6-2)8(4)12-10(11)7-3/h8-9H,5-7H2,1-4H3,(H2,11,12). The second-order valence-electron chi connectivity index (χ2n) is 3.29. The molecule has 0 aromatic heterocycles. The molecule has 0 saturated carbocycles. The molecule has 12 heavy (non-hydrogen) atoms. The quantitative estimate of drug-likeness (QED) is 0.500. The maximum atomic E-state index is 5.67. The number of rotatable bonds is 5. The lowest BCUT2D eigenvalue weighted by Crippen LogP contribution is -2.19. The van der Waals surface area contributed by atoms with Crippen LogP contribution in [0.1, 0.15) is 47.0 Å². The molecule has 0 aromatic rings. The molecule has 0 aliphatic rings. The average molecular weight is 170 g/mol. The average Bonchev–Trinajstić information content (AvgIpc) is 2.06. The fourth-order valence-corrected chi connectivity index (χ4v) is 1.43. The molecule has 0 heterocycles. The highest BCUT2D eigenvalue weighted by Gasteiger charge is 2.11. The van der Waals surface area contributed by atoms with Gasteiger partial charge in [-0.15, -0.1) is 0 Å². The molecule has 0 fully saturated rings. The van der Waals surface area contributed by atoms with Gasteiger partial charge in [-0.1, -0.05) is 33.6 Å². The molecule has 0 rings (SSSR count). The van der Waals surface area contributed by atoms with Crippen LogP contribution in [0.5, 0.6) is 0 Å². The van der Waals surface area contributed by atoms with Crippen molar-refractivity contribution in [3.63, 3.8) is 0 Å². The molecule has 2 N–H and O–H groups in total. The first kappa shape index (κ1) is 11.5. The summed E-state index contributed by atoms with van der Waals surface area (Å²) in [7, 11) is 0. The van der Waals surface area contributed by atoms with Crippen molar-refractivity contribution in [1.82, 2.24) is 0 Å². The first-order valence-electron chi connectivity index (χ1n) is 4.97. The SMILES string of the molecule is CCC(N)=NC(C)C(CC)CC. The first-order chi connectivity index (χ1) is 5.65. The van der Waals surface area contributed by atoms with Gasteiger partial charge >= 0.3 is 0 Å². The monoisotopic (exact) mass is 170 g/mol. The molecule has 2 heteroatoms. The van der Waals surface area contributed by atoms with Gasteiger partial charge in [0.15, 0.2) is 0 Å². The molecule has 0 aliphatic heterocycles. The molecule has 0 radical (unpaired) electrons. The van der Waals surface area contributed by atoms with Crippen molar-refractivity contribution in [3.8, 4) is 0 Å². The minimum atomic E-state index is 0.389. The summed E-state index contributed by atoms with van der Waals surface area (Å²) >= 11 is 0. The molecule has 0 saturated heterocycles. The van der Waals surface area contributed by atoms with Crippen LogP contribution in [0, 0.1) is 5.92 Å². The highest BCUT2D eigenvalue weighted by molar-refractivity contribution is 5.80. The molecular weight excluding hydrogens is 148 g/mol. The predicted octanol–water partition coefficient (Wildman–Crippen LogP) is 2.58. The van der Waals surface area contributed by atoms with E-state index in [0.29, 0.717) is 12.0 Å². The molecule has 72 valence electrons. The van der Waals surface area contributed by atoms with E-state index in [4.69, 9.17) is 5.73 Å². The van der Waals surface area contributed by atoms with E-state index in [1.54, 1.807) is 0 Å². The third-order valence-corrected chi connectivity index (χ3v) is 2.46. The van der Waals surface area contributed by atoms with Crippen LogP contribution in [-0.4, -0.2) is 11.9 Å². The van der Waals surface area contributed by atoms with Crippen LogP contribution in [0.25, 0.3) is 0 Å². The van der Waals surface area contributed by atoms with Gasteiger partial charge in [0, 0.05) is 6.42 Å². The molecule has 1 unspecified atom stereocenters. The van der Waals surface area contributed by atoms with Gasteiger partial charge in [0.1, 0.15) is 0 Å². The summed E-state index contributed by atoms with van der Waals surface area (Å²) < 4.78 is 0. The fourth-order valence-electron chi connectivity index (χ4n) is 1.43. The Hall–Kier alpha value is -0.530. The normalized spacial score (nSPS) is 15.2. The molecule has 1 atom stereocenters. The number of hydrogen-bond acceptors (Lipinski definition) is 1. The van der Waals surface area contributed by atoms with Gasteiger partial charge in [-0.3, -0.25) is 4.99 Å². The van der Waals surface area contributed by atoms with Crippen molar-refractivity contribution in [1.29, 1.82) is 0 Å². The third kappa shape index (κ3) is 3.74. The van der Waals surface area contributed by atoms with Crippen LogP contribution >= 0.6 is 0 Å². The third-order valence-electron chi connectivity index (χ3n) is 2.46. The zero-order valence-corrected chi connectivity index (χ0v) is 8.80. The highest BCUT2D eigenvalue weighted by atomic mass is 14.9. The van der Waals surface area contributed by atoms with E-state index in [-0.39, 0.29) is 0 Å². The summed E-state index contributed by atoms with van der Waals surface area (Å²) in [6.45, 7) is 8.61. The zero-order chi connectivity index (χ0) is 9.56. The molecule has 0 aromatic carbocycles. The topological polar surface area (TPSA) is 38.4 Å². The summed E-state index contributed by atoms with van der Waals surface area (Å²) in [5.41, 5.74) is 5.67. The van der Waals surface area contributed by atoms with Gasteiger partial charge in [-0.05, 0) is 12.8 Å². The van der Waals surface area contributed by atoms with Crippen molar-refractivity contribution >= 4 is 5.84 Å². The summed E-state index contributed by atoms with van der Waals surface area (Å²) in [5, 5.41) is 0. The van der Waals surface area contributed by atoms with Crippen molar-refractivity contribution in [3.05, 3.63) is 0 Å². The Bertz CT molecular complexity index is 137. The minimum Gasteiger partial charge on any atom is -0.387 e. The Balaban J connectivity index is 4.07. The Labute approximate surface area is 76.3 Å². The van der Waals surface area contributed by atoms with Gasteiger partial charge in [-0.25, -0.2) is 0 Å². The van der Waals surface area contributed by atoms with Crippen LogP contribution in [0.2, 0.25) is 0 Å². The van der Waals surface area contributed by atoms with E-state index in [1.807, 2.05) is 6.92 Å². The molecule has 0 amide bonds. The number of aliphatic imine (C=N–C) groups is 1. The van der Waals surface area contributed by atoms with Crippen LogP contribution in [0.4, 0.5) is 0 Å². The Kier molecular flexibility index (Phi) is 5.77. The fraction of sp³-hybridized carbons (Fsp3) is 0.900. The number of hydrogen-bond donors (Lipinski definition) is 1. The summed E-state index contributed by atoms with van der Waals surface area (Å²) in [6.07, 6.45) is 3.25. The minimum absolute atomic E-state index is 0.389. The lowest BCUT2D eigenvalue weighted by molar-refractivity contribution is 0.419. The van der Waals surface area contributed by atoms with Crippen molar-refractivity contribution < 1.29 is 0 Å². The van der Waals surface area contributed by atoms with E-state index in [2.05, 4.69) is 25.8 Å². The van der Waals surface area contributed by atoms with E-state index in [9.17, 15) is 0 Å². The molecule has 0 spiro atoms. The van der Waals surface area contributed by atoms with E-state index < -0.39 is 0 Å². The summed E-state index contributed by atoms with van der Waals surface area (Å²) in [6, 6.07) is 0.389. The molecule has 0 aliphatic carbocycles. The Morgan fingerprint density at radius 3 is 2.08 bits per heavy atom. The molecular formula is C10H22N2. The van der Waals surface area contributed by atoms with Crippen LogP contribution in [-0.2, 0) is 0 Å². The second-order valence-corrected chi connectivity index (χ2v) is 3.29. The van der Waals surface area contributed by atoms with E-state index >= 15 is 0 Å². The Morgan fingerprint density at radius 1 is 1.25 bits per heavy atom. The van der Waals surface area contributed by atoms with Crippen LogP contribution in [0.3, 0.4) is 0 Å². The molecule has 0 bridgehead atoms. The smallest absolute Gasteiger partial charge is 0.0937 e. The van der Waals surface area contributed by atoms with Crippen LogP contribution in [0.15, 0.2) is 4.99 Å². The van der Waals surface area contributed by atoms with Gasteiger partial charge < -0.3 is 5.73 Å². The van der Waals surface area contributed by atoms with Gasteiger partial charge in [0.05, 0.1) is 11.9 Å². The number of amidine groups is 1. The summed E-state index contributed by atoms with van der Waals surface area (Å²) in [4.78, 5) is 4.43.